The molecule has 90 valence electrons. The fourth-order valence-corrected chi connectivity index (χ4v) is 2.52. The number of hydrogen-bond donors (Lipinski definition) is 1. The minimum atomic E-state index is -0.286. The first-order valence-corrected chi connectivity index (χ1v) is 6.33. The van der Waals surface area contributed by atoms with E-state index in [2.05, 4.69) is 26.1 Å². The molecule has 1 aromatic carbocycles. The van der Waals surface area contributed by atoms with Crippen molar-refractivity contribution in [2.24, 2.45) is 0 Å². The number of hydrogen-bond acceptors (Lipinski definition) is 2. The van der Waals surface area contributed by atoms with Gasteiger partial charge in [-0.2, -0.15) is 5.10 Å². The first-order chi connectivity index (χ1) is 8.00. The van der Waals surface area contributed by atoms with Crippen molar-refractivity contribution in [3.63, 3.8) is 0 Å². The van der Waals surface area contributed by atoms with Crippen LogP contribution in [0, 0.1) is 10.6 Å². The minimum absolute atomic E-state index is 0.188. The van der Waals surface area contributed by atoms with Crippen LogP contribution in [0.25, 0.3) is 11.4 Å². The maximum atomic E-state index is 13.0. The third kappa shape index (κ3) is 2.32. The van der Waals surface area contributed by atoms with E-state index in [0.717, 1.165) is 5.56 Å². The lowest BCUT2D eigenvalue weighted by molar-refractivity contribution is 0.596. The highest BCUT2D eigenvalue weighted by Crippen LogP contribution is 2.29. The second-order valence-corrected chi connectivity index (χ2v) is 5.18. The molecule has 0 bridgehead atoms. The van der Waals surface area contributed by atoms with Crippen molar-refractivity contribution in [2.45, 2.75) is 19.9 Å². The van der Waals surface area contributed by atoms with E-state index in [1.165, 1.54) is 12.1 Å². The molecule has 6 heteroatoms. The Morgan fingerprint density at radius 3 is 2.76 bits per heavy atom. The van der Waals surface area contributed by atoms with Gasteiger partial charge in [-0.1, -0.05) is 0 Å². The molecule has 0 amide bonds. The van der Waals surface area contributed by atoms with E-state index in [1.54, 1.807) is 6.07 Å². The van der Waals surface area contributed by atoms with E-state index in [1.807, 2.05) is 18.4 Å². The Morgan fingerprint density at radius 2 is 2.18 bits per heavy atom. The lowest BCUT2D eigenvalue weighted by Crippen LogP contribution is -2.03. The molecule has 0 unspecified atom stereocenters. The predicted octanol–water partition coefficient (Wildman–Crippen LogP) is 4.09. The number of aromatic nitrogens is 3. The van der Waals surface area contributed by atoms with Crippen molar-refractivity contribution in [3.05, 3.63) is 33.3 Å². The van der Waals surface area contributed by atoms with Gasteiger partial charge < -0.3 is 0 Å². The summed E-state index contributed by atoms with van der Waals surface area (Å²) in [6, 6.07) is 4.69. The Labute approximate surface area is 112 Å². The molecule has 0 aliphatic heterocycles. The van der Waals surface area contributed by atoms with Crippen LogP contribution in [0.15, 0.2) is 22.7 Å². The molecular weight excluding hydrogens is 305 g/mol. The zero-order chi connectivity index (χ0) is 12.6. The smallest absolute Gasteiger partial charge is 0.195 e. The van der Waals surface area contributed by atoms with Crippen LogP contribution in [0.5, 0.6) is 0 Å². The van der Waals surface area contributed by atoms with E-state index in [0.29, 0.717) is 15.1 Å². The summed E-state index contributed by atoms with van der Waals surface area (Å²) in [5.41, 5.74) is 0.812. The monoisotopic (exact) mass is 315 g/mol. The second kappa shape index (κ2) is 4.70. The maximum absolute atomic E-state index is 13.0. The van der Waals surface area contributed by atoms with Crippen LogP contribution < -0.4 is 0 Å². The molecule has 0 aliphatic rings. The van der Waals surface area contributed by atoms with Crippen LogP contribution in [0.1, 0.15) is 19.9 Å². The zero-order valence-corrected chi connectivity index (χ0v) is 11.8. The van der Waals surface area contributed by atoms with Gasteiger partial charge in [0.25, 0.3) is 0 Å². The third-order valence-electron chi connectivity index (χ3n) is 2.39. The molecule has 2 rings (SSSR count). The molecule has 0 aliphatic carbocycles. The average molecular weight is 316 g/mol. The fraction of sp³-hybridized carbons (Fsp3) is 0.273. The van der Waals surface area contributed by atoms with Crippen molar-refractivity contribution in [2.75, 3.05) is 0 Å². The summed E-state index contributed by atoms with van der Waals surface area (Å²) in [4.78, 5) is 0. The van der Waals surface area contributed by atoms with Gasteiger partial charge in [0, 0.05) is 16.1 Å². The minimum Gasteiger partial charge on any atom is -0.298 e. The summed E-state index contributed by atoms with van der Waals surface area (Å²) in [6.45, 7) is 4.04. The molecule has 0 radical (unpaired) electrons. The molecule has 1 aromatic heterocycles. The van der Waals surface area contributed by atoms with E-state index in [4.69, 9.17) is 12.2 Å². The van der Waals surface area contributed by atoms with Gasteiger partial charge in [-0.15, -0.1) is 0 Å². The van der Waals surface area contributed by atoms with Crippen LogP contribution in [-0.2, 0) is 0 Å². The molecule has 0 fully saturated rings. The van der Waals surface area contributed by atoms with E-state index in [-0.39, 0.29) is 11.9 Å². The topological polar surface area (TPSA) is 33.6 Å². The summed E-state index contributed by atoms with van der Waals surface area (Å²) < 4.78 is 16.2. The van der Waals surface area contributed by atoms with Crippen LogP contribution in [0.4, 0.5) is 4.39 Å². The first kappa shape index (κ1) is 12.4. The van der Waals surface area contributed by atoms with Crippen molar-refractivity contribution >= 4 is 28.1 Å². The number of nitrogens with zero attached hydrogens (tertiary/aromatic N) is 2. The van der Waals surface area contributed by atoms with Gasteiger partial charge in [0.2, 0.25) is 0 Å². The lowest BCUT2D eigenvalue weighted by Gasteiger charge is -2.11. The van der Waals surface area contributed by atoms with E-state index in [9.17, 15) is 4.39 Å². The van der Waals surface area contributed by atoms with Gasteiger partial charge in [-0.25, -0.2) is 4.39 Å². The molecule has 0 spiro atoms. The zero-order valence-electron chi connectivity index (χ0n) is 9.37. The summed E-state index contributed by atoms with van der Waals surface area (Å²) in [5.74, 6) is 0.419. The van der Waals surface area contributed by atoms with Crippen LogP contribution in [-0.4, -0.2) is 14.8 Å². The van der Waals surface area contributed by atoms with Gasteiger partial charge in [-0.3, -0.25) is 9.67 Å². The molecule has 1 heterocycles. The number of benzene rings is 1. The Bertz CT molecular complexity index is 603. The Morgan fingerprint density at radius 1 is 1.47 bits per heavy atom. The number of H-pyrrole nitrogens is 1. The van der Waals surface area contributed by atoms with Crippen molar-refractivity contribution in [1.29, 1.82) is 0 Å². The second-order valence-electron chi connectivity index (χ2n) is 3.94. The Hall–Kier alpha value is -1.01. The van der Waals surface area contributed by atoms with E-state index < -0.39 is 0 Å². The normalized spacial score (nSPS) is 11.1. The molecule has 0 saturated heterocycles. The van der Waals surface area contributed by atoms with Crippen molar-refractivity contribution in [3.8, 4) is 11.4 Å². The predicted molar refractivity (Wildman–Crippen MR) is 70.9 cm³/mol. The SMILES string of the molecule is CC(C)n1c(-c2ccc(F)cc2Br)n[nH]c1=S. The molecule has 3 nitrogen and oxygen atoms in total. The number of aromatic amines is 1. The highest BCUT2D eigenvalue weighted by atomic mass is 79.9. The Kier molecular flexibility index (Phi) is 3.44. The fourth-order valence-electron chi connectivity index (χ4n) is 1.64. The van der Waals surface area contributed by atoms with Gasteiger partial charge >= 0.3 is 0 Å². The van der Waals surface area contributed by atoms with Crippen molar-refractivity contribution in [1.82, 2.24) is 14.8 Å². The van der Waals surface area contributed by atoms with Crippen LogP contribution >= 0.6 is 28.1 Å². The number of nitrogens with one attached hydrogen (secondary N) is 1. The van der Waals surface area contributed by atoms with Gasteiger partial charge in [-0.05, 0) is 60.2 Å². The van der Waals surface area contributed by atoms with Gasteiger partial charge in [0.15, 0.2) is 10.6 Å². The molecule has 2 aromatic rings. The number of halogens is 2. The van der Waals surface area contributed by atoms with Crippen LogP contribution in [0.3, 0.4) is 0 Å². The Balaban J connectivity index is 2.65. The highest BCUT2D eigenvalue weighted by Gasteiger charge is 2.14. The molecule has 0 saturated carbocycles. The maximum Gasteiger partial charge on any atom is 0.195 e. The highest BCUT2D eigenvalue weighted by molar-refractivity contribution is 9.10. The van der Waals surface area contributed by atoms with Crippen molar-refractivity contribution < 1.29 is 4.39 Å². The molecular formula is C11H11BrFN3S. The molecule has 0 atom stereocenters. The molecule has 17 heavy (non-hydrogen) atoms. The number of rotatable bonds is 2. The third-order valence-corrected chi connectivity index (χ3v) is 3.34. The summed E-state index contributed by atoms with van der Waals surface area (Å²) >= 11 is 8.51. The first-order valence-electron chi connectivity index (χ1n) is 5.13. The van der Waals surface area contributed by atoms with Gasteiger partial charge in [0.05, 0.1) is 0 Å². The van der Waals surface area contributed by atoms with E-state index >= 15 is 0 Å². The summed E-state index contributed by atoms with van der Waals surface area (Å²) in [7, 11) is 0. The lowest BCUT2D eigenvalue weighted by atomic mass is 10.2. The largest absolute Gasteiger partial charge is 0.298 e. The standard InChI is InChI=1S/C11H11BrFN3S/c1-6(2)16-10(14-15-11(16)17)8-4-3-7(13)5-9(8)12/h3-6H,1-2H3,(H,15,17). The molecule has 1 N–H and O–H groups in total. The summed E-state index contributed by atoms with van der Waals surface area (Å²) in [5, 5.41) is 6.95. The van der Waals surface area contributed by atoms with Crippen LogP contribution in [0.2, 0.25) is 0 Å². The quantitative estimate of drug-likeness (QED) is 0.847. The van der Waals surface area contributed by atoms with Gasteiger partial charge in [0.1, 0.15) is 5.82 Å². The summed E-state index contributed by atoms with van der Waals surface area (Å²) in [6.07, 6.45) is 0. The average Bonchev–Trinajstić information content (AvgIpc) is 2.60.